The minimum absolute atomic E-state index is 0.0659. The van der Waals surface area contributed by atoms with E-state index in [9.17, 15) is 4.79 Å². The molecule has 5 heteroatoms. The summed E-state index contributed by atoms with van der Waals surface area (Å²) in [6, 6.07) is 7.55. The highest BCUT2D eigenvalue weighted by Crippen LogP contribution is 2.16. The average molecular weight is 278 g/mol. The Bertz CT molecular complexity index is 450. The van der Waals surface area contributed by atoms with Crippen LogP contribution in [0, 0.1) is 0 Å². The number of amides is 1. The first-order valence-corrected chi connectivity index (χ1v) is 6.96. The van der Waals surface area contributed by atoms with Gasteiger partial charge in [0.1, 0.15) is 12.4 Å². The van der Waals surface area contributed by atoms with E-state index >= 15 is 0 Å². The monoisotopic (exact) mass is 278 g/mol. The second kappa shape index (κ2) is 7.26. The van der Waals surface area contributed by atoms with E-state index in [1.54, 1.807) is 13.2 Å². The van der Waals surface area contributed by atoms with Gasteiger partial charge in [-0.1, -0.05) is 6.07 Å². The molecule has 0 aromatic heterocycles. The van der Waals surface area contributed by atoms with Gasteiger partial charge >= 0.3 is 0 Å². The van der Waals surface area contributed by atoms with Crippen molar-refractivity contribution >= 4 is 5.91 Å². The van der Waals surface area contributed by atoms with Crippen molar-refractivity contribution < 1.29 is 14.3 Å². The Morgan fingerprint density at radius 3 is 3.05 bits per heavy atom. The lowest BCUT2D eigenvalue weighted by Crippen LogP contribution is -2.52. The van der Waals surface area contributed by atoms with Gasteiger partial charge in [0, 0.05) is 38.3 Å². The zero-order chi connectivity index (χ0) is 14.4. The molecule has 1 heterocycles. The molecule has 20 heavy (non-hydrogen) atoms. The summed E-state index contributed by atoms with van der Waals surface area (Å²) in [7, 11) is 1.63. The predicted molar refractivity (Wildman–Crippen MR) is 77.2 cm³/mol. The first-order chi connectivity index (χ1) is 9.72. The smallest absolute Gasteiger partial charge is 0.254 e. The van der Waals surface area contributed by atoms with Gasteiger partial charge in [0.15, 0.2) is 0 Å². The summed E-state index contributed by atoms with van der Waals surface area (Å²) in [5.41, 5.74) is 0.675. The lowest BCUT2D eigenvalue weighted by molar-refractivity contribution is 0.0655. The van der Waals surface area contributed by atoms with Gasteiger partial charge in [-0.2, -0.15) is 0 Å². The fourth-order valence-corrected chi connectivity index (χ4v) is 2.27. The normalized spacial score (nSPS) is 18.9. The fourth-order valence-electron chi connectivity index (χ4n) is 2.27. The van der Waals surface area contributed by atoms with Crippen LogP contribution in [0.4, 0.5) is 0 Å². The van der Waals surface area contributed by atoms with Crippen molar-refractivity contribution in [1.82, 2.24) is 10.2 Å². The van der Waals surface area contributed by atoms with E-state index < -0.39 is 0 Å². The van der Waals surface area contributed by atoms with Crippen LogP contribution in [0.15, 0.2) is 24.3 Å². The Labute approximate surface area is 119 Å². The molecule has 0 aliphatic carbocycles. The molecular formula is C15H22N2O3. The number of carbonyl (C=O) groups is 1. The molecule has 1 aromatic rings. The molecule has 0 saturated carbocycles. The van der Waals surface area contributed by atoms with Crippen LogP contribution in [0.25, 0.3) is 0 Å². The summed E-state index contributed by atoms with van der Waals surface area (Å²) in [6.07, 6.45) is 0. The van der Waals surface area contributed by atoms with Crippen LogP contribution in [0.5, 0.6) is 5.75 Å². The molecule has 1 atom stereocenters. The largest absolute Gasteiger partial charge is 0.491 e. The number of rotatable bonds is 5. The number of hydrogen-bond acceptors (Lipinski definition) is 4. The zero-order valence-corrected chi connectivity index (χ0v) is 12.1. The van der Waals surface area contributed by atoms with Crippen LogP contribution in [0.3, 0.4) is 0 Å². The molecule has 1 unspecified atom stereocenters. The van der Waals surface area contributed by atoms with Crippen molar-refractivity contribution in [2.45, 2.75) is 13.0 Å². The highest BCUT2D eigenvalue weighted by Gasteiger charge is 2.24. The number of hydrogen-bond donors (Lipinski definition) is 1. The molecule has 1 fully saturated rings. The minimum Gasteiger partial charge on any atom is -0.491 e. The van der Waals surface area contributed by atoms with Gasteiger partial charge in [0.2, 0.25) is 0 Å². The van der Waals surface area contributed by atoms with E-state index in [1.165, 1.54) is 0 Å². The van der Waals surface area contributed by atoms with Crippen LogP contribution >= 0.6 is 0 Å². The van der Waals surface area contributed by atoms with Gasteiger partial charge in [-0.15, -0.1) is 0 Å². The molecule has 110 valence electrons. The first-order valence-electron chi connectivity index (χ1n) is 6.96. The Kier molecular flexibility index (Phi) is 5.38. The zero-order valence-electron chi connectivity index (χ0n) is 12.1. The highest BCUT2D eigenvalue weighted by atomic mass is 16.5. The van der Waals surface area contributed by atoms with Crippen molar-refractivity contribution in [2.75, 3.05) is 40.0 Å². The predicted octanol–water partition coefficient (Wildman–Crippen LogP) is 1.15. The number of nitrogens with one attached hydrogen (secondary N) is 1. The summed E-state index contributed by atoms with van der Waals surface area (Å²) in [6.45, 7) is 5.51. The maximum Gasteiger partial charge on any atom is 0.254 e. The fraction of sp³-hybridized carbons (Fsp3) is 0.533. The molecule has 2 rings (SSSR count). The van der Waals surface area contributed by atoms with Gasteiger partial charge in [-0.25, -0.2) is 0 Å². The lowest BCUT2D eigenvalue weighted by atomic mass is 10.1. The Morgan fingerprint density at radius 1 is 1.45 bits per heavy atom. The van der Waals surface area contributed by atoms with E-state index in [-0.39, 0.29) is 11.9 Å². The topological polar surface area (TPSA) is 50.8 Å². The van der Waals surface area contributed by atoms with Crippen molar-refractivity contribution in [3.63, 3.8) is 0 Å². The molecule has 1 aromatic carbocycles. The van der Waals surface area contributed by atoms with Crippen LogP contribution in [-0.2, 0) is 4.74 Å². The van der Waals surface area contributed by atoms with Gasteiger partial charge in [-0.05, 0) is 25.1 Å². The molecule has 5 nitrogen and oxygen atoms in total. The van der Waals surface area contributed by atoms with Crippen LogP contribution in [0.2, 0.25) is 0 Å². The molecule has 1 aliphatic rings. The third-order valence-electron chi connectivity index (χ3n) is 3.40. The summed E-state index contributed by atoms with van der Waals surface area (Å²) < 4.78 is 10.5. The Hall–Kier alpha value is -1.59. The number of nitrogens with zero attached hydrogens (tertiary/aromatic N) is 1. The quantitative estimate of drug-likeness (QED) is 0.821. The molecule has 1 aliphatic heterocycles. The summed E-state index contributed by atoms with van der Waals surface area (Å²) in [5, 5.41) is 3.28. The molecule has 0 radical (unpaired) electrons. The van der Waals surface area contributed by atoms with E-state index in [1.807, 2.05) is 23.1 Å². The van der Waals surface area contributed by atoms with E-state index in [2.05, 4.69) is 12.2 Å². The maximum atomic E-state index is 12.5. The van der Waals surface area contributed by atoms with Crippen LogP contribution < -0.4 is 10.1 Å². The first kappa shape index (κ1) is 14.8. The highest BCUT2D eigenvalue weighted by molar-refractivity contribution is 5.94. The van der Waals surface area contributed by atoms with Gasteiger partial charge < -0.3 is 19.7 Å². The van der Waals surface area contributed by atoms with Gasteiger partial charge in [-0.3, -0.25) is 4.79 Å². The van der Waals surface area contributed by atoms with E-state index in [4.69, 9.17) is 9.47 Å². The molecule has 1 N–H and O–H groups in total. The van der Waals surface area contributed by atoms with Crippen molar-refractivity contribution in [3.8, 4) is 5.75 Å². The summed E-state index contributed by atoms with van der Waals surface area (Å²) in [5.74, 6) is 0.770. The second-order valence-corrected chi connectivity index (χ2v) is 4.92. The molecule has 0 spiro atoms. The van der Waals surface area contributed by atoms with Crippen LogP contribution in [0.1, 0.15) is 17.3 Å². The minimum atomic E-state index is 0.0659. The standard InChI is InChI=1S/C15H22N2O3/c1-12-11-16-6-7-17(12)15(18)13-4-3-5-14(10-13)20-9-8-19-2/h3-5,10,12,16H,6-9,11H2,1-2H3. The Balaban J connectivity index is 2.03. The number of carbonyl (C=O) groups excluding carboxylic acids is 1. The summed E-state index contributed by atoms with van der Waals surface area (Å²) >= 11 is 0. The van der Waals surface area contributed by atoms with E-state index in [0.717, 1.165) is 19.6 Å². The number of benzene rings is 1. The van der Waals surface area contributed by atoms with Crippen LogP contribution in [-0.4, -0.2) is 56.8 Å². The third kappa shape index (κ3) is 3.71. The SMILES string of the molecule is COCCOc1cccc(C(=O)N2CCNCC2C)c1. The third-order valence-corrected chi connectivity index (χ3v) is 3.40. The molecule has 1 saturated heterocycles. The maximum absolute atomic E-state index is 12.5. The second-order valence-electron chi connectivity index (χ2n) is 4.92. The summed E-state index contributed by atoms with van der Waals surface area (Å²) in [4.78, 5) is 14.4. The number of methoxy groups -OCH3 is 1. The average Bonchev–Trinajstić information content (AvgIpc) is 2.48. The molecular weight excluding hydrogens is 256 g/mol. The molecule has 0 bridgehead atoms. The van der Waals surface area contributed by atoms with Crippen molar-refractivity contribution in [2.24, 2.45) is 0 Å². The van der Waals surface area contributed by atoms with Gasteiger partial charge in [0.25, 0.3) is 5.91 Å². The van der Waals surface area contributed by atoms with E-state index in [0.29, 0.717) is 24.5 Å². The number of ether oxygens (including phenoxy) is 2. The number of piperazine rings is 1. The van der Waals surface area contributed by atoms with Crippen molar-refractivity contribution in [1.29, 1.82) is 0 Å². The Morgan fingerprint density at radius 2 is 2.30 bits per heavy atom. The lowest BCUT2D eigenvalue weighted by Gasteiger charge is -2.34. The van der Waals surface area contributed by atoms with Crippen molar-refractivity contribution in [3.05, 3.63) is 29.8 Å². The van der Waals surface area contributed by atoms with Gasteiger partial charge in [0.05, 0.1) is 6.61 Å². The molecule has 1 amide bonds.